The van der Waals surface area contributed by atoms with Gasteiger partial charge in [0.25, 0.3) is 0 Å². The molecule has 2 aromatic rings. The number of aromatic nitrogens is 4. The smallest absolute Gasteiger partial charge is 0.233 e. The lowest BCUT2D eigenvalue weighted by Crippen LogP contribution is -2.45. The van der Waals surface area contributed by atoms with Crippen LogP contribution in [0.3, 0.4) is 0 Å². The normalized spacial score (nSPS) is 13.3. The molecule has 0 spiro atoms. The van der Waals surface area contributed by atoms with Gasteiger partial charge in [-0.1, -0.05) is 31.7 Å². The maximum atomic E-state index is 12.9. The summed E-state index contributed by atoms with van der Waals surface area (Å²) in [7, 11) is 1.62. The lowest BCUT2D eigenvalue weighted by molar-refractivity contribution is -0.132. The molecule has 1 aromatic carbocycles. The SMILES string of the molecule is CC[C@@H](C)N(C(=O)CSc1nnnn1-c1cc(C)ccc1OC)[C@@H](C)CC. The number of ether oxygens (including phenoxy) is 1. The number of aryl methyl sites for hydroxylation is 1. The van der Waals surface area contributed by atoms with Crippen LogP contribution in [0.5, 0.6) is 5.75 Å². The molecular weight excluding hydrogens is 362 g/mol. The van der Waals surface area contributed by atoms with Gasteiger partial charge in [0, 0.05) is 12.1 Å². The Kier molecular flexibility index (Phi) is 7.65. The summed E-state index contributed by atoms with van der Waals surface area (Å²) < 4.78 is 7.06. The first kappa shape index (κ1) is 21.2. The van der Waals surface area contributed by atoms with Crippen LogP contribution in [0.1, 0.15) is 46.1 Å². The van der Waals surface area contributed by atoms with Crippen molar-refractivity contribution in [1.82, 2.24) is 25.1 Å². The number of rotatable bonds is 9. The highest BCUT2D eigenvalue weighted by atomic mass is 32.2. The van der Waals surface area contributed by atoms with Gasteiger partial charge in [-0.25, -0.2) is 0 Å². The standard InChI is InChI=1S/C19H29N5O2S/c1-7-14(4)23(15(5)8-2)18(25)12-27-19-20-21-22-24(19)16-11-13(3)9-10-17(16)26-6/h9-11,14-15H,7-8,12H2,1-6H3/t14-,15+. The molecule has 0 aliphatic carbocycles. The molecule has 0 bridgehead atoms. The third-order valence-electron chi connectivity index (χ3n) is 4.75. The predicted octanol–water partition coefficient (Wildman–Crippen LogP) is 3.50. The highest BCUT2D eigenvalue weighted by molar-refractivity contribution is 7.99. The summed E-state index contributed by atoms with van der Waals surface area (Å²) in [5.74, 6) is 1.08. The first-order valence-electron chi connectivity index (χ1n) is 9.30. The van der Waals surface area contributed by atoms with Gasteiger partial charge in [0.2, 0.25) is 11.1 Å². The maximum Gasteiger partial charge on any atom is 0.233 e. The van der Waals surface area contributed by atoms with Gasteiger partial charge in [-0.05, 0) is 61.7 Å². The third kappa shape index (κ3) is 5.00. The van der Waals surface area contributed by atoms with Gasteiger partial charge in [-0.2, -0.15) is 4.68 Å². The fourth-order valence-electron chi connectivity index (χ4n) is 2.91. The molecule has 7 nitrogen and oxygen atoms in total. The van der Waals surface area contributed by atoms with Gasteiger partial charge < -0.3 is 9.64 Å². The molecule has 2 atom stereocenters. The first-order valence-corrected chi connectivity index (χ1v) is 10.3. The topological polar surface area (TPSA) is 73.1 Å². The minimum atomic E-state index is 0.106. The van der Waals surface area contributed by atoms with Crippen LogP contribution in [0.15, 0.2) is 23.4 Å². The van der Waals surface area contributed by atoms with Crippen molar-refractivity contribution in [3.8, 4) is 11.4 Å². The minimum absolute atomic E-state index is 0.106. The molecule has 0 saturated heterocycles. The molecule has 0 aliphatic heterocycles. The summed E-state index contributed by atoms with van der Waals surface area (Å²) in [4.78, 5) is 14.8. The van der Waals surface area contributed by atoms with Gasteiger partial charge >= 0.3 is 0 Å². The summed E-state index contributed by atoms with van der Waals surface area (Å²) in [5, 5.41) is 12.5. The van der Waals surface area contributed by atoms with E-state index in [0.717, 1.165) is 24.1 Å². The molecule has 0 fully saturated rings. The van der Waals surface area contributed by atoms with E-state index in [4.69, 9.17) is 4.74 Å². The lowest BCUT2D eigenvalue weighted by atomic mass is 10.1. The Balaban J connectivity index is 2.20. The van der Waals surface area contributed by atoms with Gasteiger partial charge in [0.15, 0.2) is 0 Å². The van der Waals surface area contributed by atoms with E-state index in [2.05, 4.69) is 43.2 Å². The number of benzene rings is 1. The molecule has 0 N–H and O–H groups in total. The van der Waals surface area contributed by atoms with E-state index in [1.807, 2.05) is 30.0 Å². The van der Waals surface area contributed by atoms with Gasteiger partial charge in [0.05, 0.1) is 12.9 Å². The van der Waals surface area contributed by atoms with E-state index >= 15 is 0 Å². The van der Waals surface area contributed by atoms with Crippen LogP contribution >= 0.6 is 11.8 Å². The highest BCUT2D eigenvalue weighted by Crippen LogP contribution is 2.27. The number of carbonyl (C=O) groups is 1. The summed E-state index contributed by atoms with van der Waals surface area (Å²) in [5.41, 5.74) is 1.84. The summed E-state index contributed by atoms with van der Waals surface area (Å²) >= 11 is 1.35. The van der Waals surface area contributed by atoms with Gasteiger partial charge in [-0.15, -0.1) is 5.10 Å². The molecule has 8 heteroatoms. The summed E-state index contributed by atoms with van der Waals surface area (Å²) in [6.07, 6.45) is 1.86. The first-order chi connectivity index (χ1) is 12.9. The van der Waals surface area contributed by atoms with E-state index < -0.39 is 0 Å². The predicted molar refractivity (Wildman–Crippen MR) is 108 cm³/mol. The molecule has 2 rings (SSSR count). The second kappa shape index (κ2) is 9.73. The van der Waals surface area contributed by atoms with Crippen molar-refractivity contribution < 1.29 is 9.53 Å². The zero-order valence-electron chi connectivity index (χ0n) is 17.0. The molecular formula is C19H29N5O2S. The molecule has 1 amide bonds. The Labute approximate surface area is 165 Å². The van der Waals surface area contributed by atoms with Crippen LogP contribution in [0, 0.1) is 6.92 Å². The second-order valence-corrected chi connectivity index (χ2v) is 7.60. The van der Waals surface area contributed by atoms with Crippen LogP contribution in [0.25, 0.3) is 5.69 Å². The Hall–Kier alpha value is -2.09. The zero-order chi connectivity index (χ0) is 20.0. The molecule has 1 aromatic heterocycles. The molecule has 148 valence electrons. The van der Waals surface area contributed by atoms with Crippen molar-refractivity contribution in [3.63, 3.8) is 0 Å². The molecule has 1 heterocycles. The average Bonchev–Trinajstić information content (AvgIpc) is 3.14. The molecule has 0 aliphatic rings. The van der Waals surface area contributed by atoms with E-state index in [1.165, 1.54) is 11.8 Å². The Morgan fingerprint density at radius 1 is 1.26 bits per heavy atom. The third-order valence-corrected chi connectivity index (χ3v) is 5.65. The van der Waals surface area contributed by atoms with Crippen LogP contribution < -0.4 is 4.74 Å². The average molecular weight is 392 g/mol. The van der Waals surface area contributed by atoms with Gasteiger partial charge in [-0.3, -0.25) is 4.79 Å². The molecule has 27 heavy (non-hydrogen) atoms. The van der Waals surface area contributed by atoms with Crippen molar-refractivity contribution in [2.24, 2.45) is 0 Å². The Morgan fingerprint density at radius 2 is 1.93 bits per heavy atom. The fourth-order valence-corrected chi connectivity index (χ4v) is 3.66. The van der Waals surface area contributed by atoms with Crippen LogP contribution in [-0.2, 0) is 4.79 Å². The fraction of sp³-hybridized carbons (Fsp3) is 0.579. The van der Waals surface area contributed by atoms with Crippen molar-refractivity contribution >= 4 is 17.7 Å². The monoisotopic (exact) mass is 391 g/mol. The van der Waals surface area contributed by atoms with Crippen LogP contribution in [0.2, 0.25) is 0 Å². The van der Waals surface area contributed by atoms with E-state index in [0.29, 0.717) is 16.7 Å². The molecule has 0 saturated carbocycles. The second-order valence-electron chi connectivity index (χ2n) is 6.65. The van der Waals surface area contributed by atoms with Gasteiger partial charge in [0.1, 0.15) is 11.4 Å². The van der Waals surface area contributed by atoms with E-state index in [1.54, 1.807) is 11.8 Å². The number of methoxy groups -OCH3 is 1. The Bertz CT molecular complexity index is 754. The highest BCUT2D eigenvalue weighted by Gasteiger charge is 2.24. The Morgan fingerprint density at radius 3 is 2.52 bits per heavy atom. The van der Waals surface area contributed by atoms with Crippen LogP contribution in [-0.4, -0.2) is 56.0 Å². The van der Waals surface area contributed by atoms with Crippen molar-refractivity contribution in [3.05, 3.63) is 23.8 Å². The number of nitrogens with zero attached hydrogens (tertiary/aromatic N) is 5. The quantitative estimate of drug-likeness (QED) is 0.609. The largest absolute Gasteiger partial charge is 0.494 e. The number of tetrazole rings is 1. The van der Waals surface area contributed by atoms with E-state index in [-0.39, 0.29) is 18.0 Å². The lowest BCUT2D eigenvalue weighted by Gasteiger charge is -2.34. The number of hydrogen-bond acceptors (Lipinski definition) is 6. The number of hydrogen-bond donors (Lipinski definition) is 0. The minimum Gasteiger partial charge on any atom is -0.494 e. The van der Waals surface area contributed by atoms with Crippen molar-refractivity contribution in [2.45, 2.75) is 64.7 Å². The summed E-state index contributed by atoms with van der Waals surface area (Å²) in [6, 6.07) is 6.24. The number of thioether (sulfide) groups is 1. The van der Waals surface area contributed by atoms with Crippen molar-refractivity contribution in [1.29, 1.82) is 0 Å². The summed E-state index contributed by atoms with van der Waals surface area (Å²) in [6.45, 7) is 10.4. The number of amides is 1. The maximum absolute atomic E-state index is 12.9. The zero-order valence-corrected chi connectivity index (χ0v) is 17.8. The van der Waals surface area contributed by atoms with Crippen molar-refractivity contribution in [2.75, 3.05) is 12.9 Å². The van der Waals surface area contributed by atoms with E-state index in [9.17, 15) is 4.79 Å². The number of carbonyl (C=O) groups excluding carboxylic acids is 1. The molecule has 0 unspecified atom stereocenters. The van der Waals surface area contributed by atoms with Crippen LogP contribution in [0.4, 0.5) is 0 Å². The molecule has 0 radical (unpaired) electrons.